The quantitative estimate of drug-likeness (QED) is 0.202. The maximum Gasteiger partial charge on any atom is 0.305 e. The molecule has 0 aromatic rings. The highest BCUT2D eigenvalue weighted by Crippen LogP contribution is 2.11. The number of allylic oxidation sites excluding steroid dienone is 1. The Bertz CT molecular complexity index is 299. The summed E-state index contributed by atoms with van der Waals surface area (Å²) in [5.41, 5.74) is 0. The Kier molecular flexibility index (Phi) is 17.9. The first-order valence-corrected chi connectivity index (χ1v) is 10.1. The summed E-state index contributed by atoms with van der Waals surface area (Å²) >= 11 is 0. The van der Waals surface area contributed by atoms with Crippen molar-refractivity contribution in [2.24, 2.45) is 0 Å². The second kappa shape index (κ2) is 18.5. The lowest BCUT2D eigenvalue weighted by Crippen LogP contribution is -2.04. The van der Waals surface area contributed by atoms with E-state index >= 15 is 0 Å². The molecule has 0 bridgehead atoms. The minimum atomic E-state index is -0.150. The summed E-state index contributed by atoms with van der Waals surface area (Å²) in [5, 5.41) is 9.86. The zero-order valence-corrected chi connectivity index (χ0v) is 16.1. The summed E-state index contributed by atoms with van der Waals surface area (Å²) in [4.78, 5) is 10.9. The monoisotopic (exact) mass is 340 g/mol. The van der Waals surface area contributed by atoms with Crippen molar-refractivity contribution >= 4 is 5.97 Å². The smallest absolute Gasteiger partial charge is 0.305 e. The summed E-state index contributed by atoms with van der Waals surface area (Å²) in [7, 11) is 1.45. The number of aliphatic hydroxyl groups excluding tert-OH is 1. The fourth-order valence-corrected chi connectivity index (χ4v) is 2.81. The van der Waals surface area contributed by atoms with Gasteiger partial charge in [0.15, 0.2) is 0 Å². The van der Waals surface area contributed by atoms with Gasteiger partial charge in [-0.25, -0.2) is 0 Å². The van der Waals surface area contributed by atoms with Crippen LogP contribution in [-0.2, 0) is 9.53 Å². The zero-order valence-electron chi connectivity index (χ0n) is 16.1. The van der Waals surface area contributed by atoms with Crippen LogP contribution in [-0.4, -0.2) is 24.3 Å². The van der Waals surface area contributed by atoms with Crippen molar-refractivity contribution in [3.05, 3.63) is 12.2 Å². The molecule has 0 saturated carbocycles. The number of aliphatic hydroxyl groups is 1. The molecule has 0 aromatic carbocycles. The lowest BCUT2D eigenvalue weighted by atomic mass is 10.1. The number of rotatable bonds is 17. The first-order chi connectivity index (χ1) is 11.7. The van der Waals surface area contributed by atoms with Crippen LogP contribution in [0.4, 0.5) is 0 Å². The first kappa shape index (κ1) is 23.2. The number of ether oxygens (including phenoxy) is 1. The molecule has 0 amide bonds. The van der Waals surface area contributed by atoms with E-state index in [0.29, 0.717) is 6.42 Å². The molecule has 1 atom stereocenters. The summed E-state index contributed by atoms with van der Waals surface area (Å²) in [6.45, 7) is 2.21. The van der Waals surface area contributed by atoms with Crippen molar-refractivity contribution in [2.45, 2.75) is 109 Å². The van der Waals surface area contributed by atoms with Gasteiger partial charge in [0.2, 0.25) is 0 Å². The second-order valence-corrected chi connectivity index (χ2v) is 6.80. The van der Waals surface area contributed by atoms with E-state index in [9.17, 15) is 9.90 Å². The fraction of sp³-hybridized carbons (Fsp3) is 0.857. The third-order valence-corrected chi connectivity index (χ3v) is 4.45. The molecular weight excluding hydrogens is 300 g/mol. The molecule has 3 nitrogen and oxygen atoms in total. The van der Waals surface area contributed by atoms with E-state index in [-0.39, 0.29) is 12.1 Å². The number of esters is 1. The van der Waals surface area contributed by atoms with Crippen molar-refractivity contribution in [3.63, 3.8) is 0 Å². The average molecular weight is 341 g/mol. The Balaban J connectivity index is 3.24. The zero-order chi connectivity index (χ0) is 17.9. The molecule has 0 rings (SSSR count). The van der Waals surface area contributed by atoms with Crippen molar-refractivity contribution in [2.75, 3.05) is 7.11 Å². The largest absolute Gasteiger partial charge is 0.469 e. The molecule has 1 N–H and O–H groups in total. The molecule has 0 aliphatic heterocycles. The predicted octanol–water partition coefficient (Wildman–Crippen LogP) is 5.95. The van der Waals surface area contributed by atoms with Crippen LogP contribution in [0.2, 0.25) is 0 Å². The molecule has 142 valence electrons. The van der Waals surface area contributed by atoms with E-state index in [1.54, 1.807) is 0 Å². The topological polar surface area (TPSA) is 46.5 Å². The summed E-state index contributed by atoms with van der Waals surface area (Å²) in [5.74, 6) is -0.0899. The molecule has 0 spiro atoms. The van der Waals surface area contributed by atoms with Gasteiger partial charge in [-0.1, -0.05) is 76.9 Å². The van der Waals surface area contributed by atoms with E-state index in [1.165, 1.54) is 58.5 Å². The average Bonchev–Trinajstić information content (AvgIpc) is 2.59. The molecule has 0 unspecified atom stereocenters. The van der Waals surface area contributed by atoms with E-state index in [1.807, 2.05) is 0 Å². The van der Waals surface area contributed by atoms with Crippen molar-refractivity contribution in [1.82, 2.24) is 0 Å². The number of carbonyl (C=O) groups excluding carboxylic acids is 1. The van der Waals surface area contributed by atoms with Gasteiger partial charge in [0.05, 0.1) is 13.2 Å². The minimum absolute atomic E-state index is 0.0899. The number of hydrogen-bond acceptors (Lipinski definition) is 3. The molecule has 0 radical (unpaired) electrons. The maximum absolute atomic E-state index is 10.9. The van der Waals surface area contributed by atoms with E-state index in [4.69, 9.17) is 0 Å². The van der Waals surface area contributed by atoms with Crippen LogP contribution in [0.25, 0.3) is 0 Å². The highest BCUT2D eigenvalue weighted by atomic mass is 16.5. The van der Waals surface area contributed by atoms with Crippen LogP contribution in [0.5, 0.6) is 0 Å². The highest BCUT2D eigenvalue weighted by molar-refractivity contribution is 5.68. The maximum atomic E-state index is 10.9. The van der Waals surface area contributed by atoms with Gasteiger partial charge in [0.1, 0.15) is 0 Å². The van der Waals surface area contributed by atoms with Gasteiger partial charge in [-0.2, -0.15) is 0 Å². The predicted molar refractivity (Wildman–Crippen MR) is 102 cm³/mol. The van der Waals surface area contributed by atoms with E-state index in [0.717, 1.165) is 38.5 Å². The number of carbonyl (C=O) groups is 1. The lowest BCUT2D eigenvalue weighted by molar-refractivity contribution is -0.140. The van der Waals surface area contributed by atoms with Crippen molar-refractivity contribution in [3.8, 4) is 0 Å². The van der Waals surface area contributed by atoms with Gasteiger partial charge in [-0.3, -0.25) is 4.79 Å². The minimum Gasteiger partial charge on any atom is -0.469 e. The molecule has 0 aromatic heterocycles. The van der Waals surface area contributed by atoms with E-state index in [2.05, 4.69) is 23.8 Å². The molecular formula is C21H40O3. The van der Waals surface area contributed by atoms with Crippen LogP contribution < -0.4 is 0 Å². The van der Waals surface area contributed by atoms with Gasteiger partial charge < -0.3 is 9.84 Å². The van der Waals surface area contributed by atoms with Crippen LogP contribution in [0.15, 0.2) is 12.2 Å². The Hall–Kier alpha value is -0.830. The van der Waals surface area contributed by atoms with Gasteiger partial charge in [0, 0.05) is 6.42 Å². The van der Waals surface area contributed by atoms with E-state index < -0.39 is 0 Å². The number of hydrogen-bond donors (Lipinski definition) is 1. The fourth-order valence-electron chi connectivity index (χ4n) is 2.81. The van der Waals surface area contributed by atoms with Crippen LogP contribution in [0.3, 0.4) is 0 Å². The molecule has 0 fully saturated rings. The number of methoxy groups -OCH3 is 1. The van der Waals surface area contributed by atoms with Crippen LogP contribution in [0, 0.1) is 0 Å². The molecule has 24 heavy (non-hydrogen) atoms. The van der Waals surface area contributed by atoms with Crippen molar-refractivity contribution in [1.29, 1.82) is 0 Å². The molecule has 0 aliphatic carbocycles. The third kappa shape index (κ3) is 17.5. The standard InChI is InChI=1S/C21H40O3/c1-3-4-5-14-17-20(22)18-15-12-10-8-6-7-9-11-13-16-19-21(23)24-2/h12,15,20,22H,3-11,13-14,16-19H2,1-2H3/t20-/m0/s1. The molecule has 3 heteroatoms. The van der Waals surface area contributed by atoms with Crippen LogP contribution >= 0.6 is 0 Å². The van der Waals surface area contributed by atoms with Crippen LogP contribution in [0.1, 0.15) is 103 Å². The first-order valence-electron chi connectivity index (χ1n) is 10.1. The molecule has 0 aliphatic rings. The lowest BCUT2D eigenvalue weighted by Gasteiger charge is -2.07. The Morgan fingerprint density at radius 1 is 0.917 bits per heavy atom. The number of unbranched alkanes of at least 4 members (excludes halogenated alkanes) is 10. The molecule has 0 heterocycles. The third-order valence-electron chi connectivity index (χ3n) is 4.45. The molecule has 0 saturated heterocycles. The summed E-state index contributed by atoms with van der Waals surface area (Å²) in [6.07, 6.45) is 21.0. The highest BCUT2D eigenvalue weighted by Gasteiger charge is 2.01. The normalized spacial score (nSPS) is 12.6. The van der Waals surface area contributed by atoms with Gasteiger partial charge in [0.25, 0.3) is 0 Å². The Morgan fingerprint density at radius 3 is 2.21 bits per heavy atom. The SMILES string of the molecule is CCCCCC[C@H](O)CC=CCCCCCCCCCC(=O)OC. The Labute approximate surface area is 149 Å². The second-order valence-electron chi connectivity index (χ2n) is 6.80. The van der Waals surface area contributed by atoms with Gasteiger partial charge >= 0.3 is 5.97 Å². The van der Waals surface area contributed by atoms with Gasteiger partial charge in [-0.15, -0.1) is 0 Å². The summed E-state index contributed by atoms with van der Waals surface area (Å²) < 4.78 is 4.62. The summed E-state index contributed by atoms with van der Waals surface area (Å²) in [6, 6.07) is 0. The van der Waals surface area contributed by atoms with Gasteiger partial charge in [-0.05, 0) is 32.1 Å². The van der Waals surface area contributed by atoms with Crippen molar-refractivity contribution < 1.29 is 14.6 Å². The Morgan fingerprint density at radius 2 is 1.54 bits per heavy atom.